The minimum absolute atomic E-state index is 0.0122. The van der Waals surface area contributed by atoms with E-state index in [0.717, 1.165) is 16.9 Å². The number of nitrogens with zero attached hydrogens (tertiary/aromatic N) is 1. The molecule has 17 heavy (non-hydrogen) atoms. The molecule has 86 valence electrons. The van der Waals surface area contributed by atoms with E-state index in [1.165, 1.54) is 0 Å². The minimum Gasteiger partial charge on any atom is -0.326 e. The van der Waals surface area contributed by atoms with Gasteiger partial charge in [0.2, 0.25) is 5.91 Å². The van der Waals surface area contributed by atoms with Crippen LogP contribution in [0.15, 0.2) is 48.7 Å². The summed E-state index contributed by atoms with van der Waals surface area (Å²) in [6.07, 6.45) is 2.08. The fourth-order valence-electron chi connectivity index (χ4n) is 1.61. The molecular weight excluding hydrogens is 212 g/mol. The molecule has 0 aliphatic rings. The maximum absolute atomic E-state index is 11.8. The average molecular weight is 226 g/mol. The predicted octanol–water partition coefficient (Wildman–Crippen LogP) is 2.57. The summed E-state index contributed by atoms with van der Waals surface area (Å²) in [5, 5.41) is 2.85. The third kappa shape index (κ3) is 3.41. The Kier molecular flexibility index (Phi) is 3.50. The van der Waals surface area contributed by atoms with Crippen molar-refractivity contribution in [2.75, 3.05) is 5.32 Å². The standard InChI is InChI=1S/C14H14N2O/c1-11-9-13(7-8-15-11)16-14(17)10-12-5-3-2-4-6-12/h2-9H,10H2,1H3,(H,15,16,17). The summed E-state index contributed by atoms with van der Waals surface area (Å²) in [7, 11) is 0. The van der Waals surface area contributed by atoms with Crippen molar-refractivity contribution in [3.8, 4) is 0 Å². The summed E-state index contributed by atoms with van der Waals surface area (Å²) in [5.41, 5.74) is 2.69. The Bertz CT molecular complexity index is 509. The van der Waals surface area contributed by atoms with Crippen molar-refractivity contribution in [1.82, 2.24) is 4.98 Å². The third-order valence-corrected chi connectivity index (χ3v) is 2.39. The second-order valence-electron chi connectivity index (χ2n) is 3.90. The maximum atomic E-state index is 11.8. The zero-order chi connectivity index (χ0) is 12.1. The van der Waals surface area contributed by atoms with Crippen LogP contribution in [-0.4, -0.2) is 10.9 Å². The number of benzene rings is 1. The number of hydrogen-bond donors (Lipinski definition) is 1. The molecule has 3 heteroatoms. The van der Waals surface area contributed by atoms with Gasteiger partial charge in [-0.1, -0.05) is 30.3 Å². The second kappa shape index (κ2) is 5.25. The lowest BCUT2D eigenvalue weighted by molar-refractivity contribution is -0.115. The molecule has 0 fully saturated rings. The first-order valence-electron chi connectivity index (χ1n) is 5.50. The van der Waals surface area contributed by atoms with Crippen molar-refractivity contribution in [3.05, 3.63) is 59.9 Å². The van der Waals surface area contributed by atoms with Crippen LogP contribution in [0, 0.1) is 6.92 Å². The molecule has 2 aromatic rings. The number of pyridine rings is 1. The Balaban J connectivity index is 1.98. The zero-order valence-corrected chi connectivity index (χ0v) is 9.68. The molecule has 1 heterocycles. The molecule has 0 aliphatic heterocycles. The Morgan fingerprint density at radius 1 is 1.24 bits per heavy atom. The Hall–Kier alpha value is -2.16. The van der Waals surface area contributed by atoms with E-state index in [4.69, 9.17) is 0 Å². The summed E-state index contributed by atoms with van der Waals surface area (Å²) in [4.78, 5) is 15.8. The lowest BCUT2D eigenvalue weighted by Gasteiger charge is -2.05. The van der Waals surface area contributed by atoms with Crippen molar-refractivity contribution in [2.45, 2.75) is 13.3 Å². The van der Waals surface area contributed by atoms with Crippen LogP contribution in [0.1, 0.15) is 11.3 Å². The first kappa shape index (κ1) is 11.3. The molecule has 0 radical (unpaired) electrons. The van der Waals surface area contributed by atoms with Crippen LogP contribution < -0.4 is 5.32 Å². The van der Waals surface area contributed by atoms with E-state index >= 15 is 0 Å². The van der Waals surface area contributed by atoms with E-state index < -0.39 is 0 Å². The number of anilines is 1. The molecular formula is C14H14N2O. The Morgan fingerprint density at radius 3 is 2.71 bits per heavy atom. The van der Waals surface area contributed by atoms with E-state index in [9.17, 15) is 4.79 Å². The molecule has 3 nitrogen and oxygen atoms in total. The highest BCUT2D eigenvalue weighted by atomic mass is 16.1. The van der Waals surface area contributed by atoms with Gasteiger partial charge in [-0.05, 0) is 24.6 Å². The first-order chi connectivity index (χ1) is 8.24. The second-order valence-corrected chi connectivity index (χ2v) is 3.90. The number of amides is 1. The Morgan fingerprint density at radius 2 is 2.00 bits per heavy atom. The number of rotatable bonds is 3. The molecule has 0 spiro atoms. The number of nitrogens with one attached hydrogen (secondary N) is 1. The van der Waals surface area contributed by atoms with Crippen LogP contribution in [0.2, 0.25) is 0 Å². The van der Waals surface area contributed by atoms with Gasteiger partial charge >= 0.3 is 0 Å². The van der Waals surface area contributed by atoms with Crippen molar-refractivity contribution >= 4 is 11.6 Å². The molecule has 0 saturated carbocycles. The normalized spacial score (nSPS) is 9.94. The topological polar surface area (TPSA) is 42.0 Å². The summed E-state index contributed by atoms with van der Waals surface area (Å²) in [6.45, 7) is 1.90. The van der Waals surface area contributed by atoms with E-state index in [-0.39, 0.29) is 5.91 Å². The van der Waals surface area contributed by atoms with Gasteiger partial charge in [0.25, 0.3) is 0 Å². The van der Waals surface area contributed by atoms with Crippen molar-refractivity contribution < 1.29 is 4.79 Å². The minimum atomic E-state index is -0.0122. The largest absolute Gasteiger partial charge is 0.326 e. The van der Waals surface area contributed by atoms with Crippen LogP contribution in [0.4, 0.5) is 5.69 Å². The van der Waals surface area contributed by atoms with E-state index in [1.807, 2.05) is 43.3 Å². The fraction of sp³-hybridized carbons (Fsp3) is 0.143. The van der Waals surface area contributed by atoms with E-state index in [0.29, 0.717) is 6.42 Å². The van der Waals surface area contributed by atoms with Gasteiger partial charge in [0.15, 0.2) is 0 Å². The quantitative estimate of drug-likeness (QED) is 0.874. The molecule has 0 aliphatic carbocycles. The number of aryl methyl sites for hydroxylation is 1. The van der Waals surface area contributed by atoms with E-state index in [2.05, 4.69) is 10.3 Å². The highest BCUT2D eigenvalue weighted by molar-refractivity contribution is 5.92. The highest BCUT2D eigenvalue weighted by Gasteiger charge is 2.03. The van der Waals surface area contributed by atoms with E-state index in [1.54, 1.807) is 12.3 Å². The van der Waals surface area contributed by atoms with Gasteiger partial charge in [-0.2, -0.15) is 0 Å². The van der Waals surface area contributed by atoms with Crippen LogP contribution in [0.25, 0.3) is 0 Å². The molecule has 0 saturated heterocycles. The van der Waals surface area contributed by atoms with Crippen LogP contribution in [0.5, 0.6) is 0 Å². The van der Waals surface area contributed by atoms with Crippen molar-refractivity contribution in [1.29, 1.82) is 0 Å². The molecule has 1 aromatic heterocycles. The predicted molar refractivity (Wildman–Crippen MR) is 67.7 cm³/mol. The number of hydrogen-bond acceptors (Lipinski definition) is 2. The molecule has 0 unspecified atom stereocenters. The average Bonchev–Trinajstić information content (AvgIpc) is 2.30. The monoisotopic (exact) mass is 226 g/mol. The van der Waals surface area contributed by atoms with Gasteiger partial charge in [0.1, 0.15) is 0 Å². The molecule has 0 bridgehead atoms. The Labute approximate surface area is 101 Å². The van der Waals surface area contributed by atoms with Crippen LogP contribution >= 0.6 is 0 Å². The third-order valence-electron chi connectivity index (χ3n) is 2.39. The summed E-state index contributed by atoms with van der Waals surface area (Å²) < 4.78 is 0. The number of carbonyl (C=O) groups is 1. The van der Waals surface area contributed by atoms with Gasteiger partial charge in [-0.15, -0.1) is 0 Å². The van der Waals surface area contributed by atoms with Gasteiger partial charge < -0.3 is 5.32 Å². The first-order valence-corrected chi connectivity index (χ1v) is 5.50. The van der Waals surface area contributed by atoms with Gasteiger partial charge in [0, 0.05) is 17.6 Å². The zero-order valence-electron chi connectivity index (χ0n) is 9.68. The highest BCUT2D eigenvalue weighted by Crippen LogP contribution is 2.08. The summed E-state index contributed by atoms with van der Waals surface area (Å²) in [6, 6.07) is 13.3. The maximum Gasteiger partial charge on any atom is 0.228 e. The van der Waals surface area contributed by atoms with Crippen molar-refractivity contribution in [3.63, 3.8) is 0 Å². The molecule has 0 atom stereocenters. The molecule has 1 N–H and O–H groups in total. The summed E-state index contributed by atoms with van der Waals surface area (Å²) >= 11 is 0. The molecule has 1 amide bonds. The smallest absolute Gasteiger partial charge is 0.228 e. The van der Waals surface area contributed by atoms with Crippen molar-refractivity contribution in [2.24, 2.45) is 0 Å². The lowest BCUT2D eigenvalue weighted by Crippen LogP contribution is -2.14. The summed E-state index contributed by atoms with van der Waals surface area (Å²) in [5.74, 6) is -0.0122. The lowest BCUT2D eigenvalue weighted by atomic mass is 10.1. The fourth-order valence-corrected chi connectivity index (χ4v) is 1.61. The SMILES string of the molecule is Cc1cc(NC(=O)Cc2ccccc2)ccn1. The van der Waals surface area contributed by atoms with Gasteiger partial charge in [-0.25, -0.2) is 0 Å². The molecule has 1 aromatic carbocycles. The van der Waals surface area contributed by atoms with Crippen LogP contribution in [0.3, 0.4) is 0 Å². The number of carbonyl (C=O) groups excluding carboxylic acids is 1. The van der Waals surface area contributed by atoms with Crippen LogP contribution in [-0.2, 0) is 11.2 Å². The number of aromatic nitrogens is 1. The van der Waals surface area contributed by atoms with Gasteiger partial charge in [-0.3, -0.25) is 9.78 Å². The molecule has 2 rings (SSSR count). The van der Waals surface area contributed by atoms with Gasteiger partial charge in [0.05, 0.1) is 6.42 Å².